The summed E-state index contributed by atoms with van der Waals surface area (Å²) in [6, 6.07) is 8.70. The third-order valence-corrected chi connectivity index (χ3v) is 2.41. The van der Waals surface area contributed by atoms with Gasteiger partial charge < -0.3 is 10.2 Å². The van der Waals surface area contributed by atoms with Gasteiger partial charge in [-0.2, -0.15) is 0 Å². The minimum absolute atomic E-state index is 0.633. The number of rotatable bonds is 5. The second kappa shape index (κ2) is 5.84. The summed E-state index contributed by atoms with van der Waals surface area (Å²) in [7, 11) is 0. The SMILES string of the molecule is CC(/C=C/C(C(=O)O)c1ccccc1)C(=O)O. The summed E-state index contributed by atoms with van der Waals surface area (Å²) in [6.45, 7) is 1.50. The molecule has 2 unspecified atom stereocenters. The largest absolute Gasteiger partial charge is 0.481 e. The zero-order valence-electron chi connectivity index (χ0n) is 9.41. The number of benzene rings is 1. The van der Waals surface area contributed by atoms with E-state index >= 15 is 0 Å². The molecule has 0 heterocycles. The molecule has 1 aromatic rings. The number of carboxylic acid groups (broad SMARTS) is 2. The van der Waals surface area contributed by atoms with E-state index in [0.29, 0.717) is 5.56 Å². The summed E-state index contributed by atoms with van der Waals surface area (Å²) in [5.41, 5.74) is 0.633. The normalized spacial score (nSPS) is 14.4. The van der Waals surface area contributed by atoms with E-state index in [1.54, 1.807) is 30.3 Å². The molecule has 0 aliphatic carbocycles. The summed E-state index contributed by atoms with van der Waals surface area (Å²) in [5, 5.41) is 17.8. The minimum Gasteiger partial charge on any atom is -0.481 e. The molecular formula is C13H14O4. The zero-order valence-corrected chi connectivity index (χ0v) is 9.41. The lowest BCUT2D eigenvalue weighted by Crippen LogP contribution is -2.11. The molecule has 17 heavy (non-hydrogen) atoms. The Balaban J connectivity index is 2.89. The van der Waals surface area contributed by atoms with Crippen molar-refractivity contribution in [2.24, 2.45) is 5.92 Å². The molecule has 0 fully saturated rings. The van der Waals surface area contributed by atoms with Crippen molar-refractivity contribution in [1.29, 1.82) is 0 Å². The van der Waals surface area contributed by atoms with Crippen LogP contribution in [-0.4, -0.2) is 22.2 Å². The van der Waals surface area contributed by atoms with Crippen molar-refractivity contribution < 1.29 is 19.8 Å². The zero-order chi connectivity index (χ0) is 12.8. The smallest absolute Gasteiger partial charge is 0.314 e. The quantitative estimate of drug-likeness (QED) is 0.765. The van der Waals surface area contributed by atoms with Gasteiger partial charge in [-0.3, -0.25) is 9.59 Å². The second-order valence-corrected chi connectivity index (χ2v) is 3.74. The molecule has 0 amide bonds. The fourth-order valence-electron chi connectivity index (χ4n) is 1.36. The van der Waals surface area contributed by atoms with Crippen molar-refractivity contribution in [1.82, 2.24) is 0 Å². The number of aliphatic carboxylic acids is 2. The lowest BCUT2D eigenvalue weighted by atomic mass is 9.97. The highest BCUT2D eigenvalue weighted by atomic mass is 16.4. The minimum atomic E-state index is -0.995. The van der Waals surface area contributed by atoms with Crippen LogP contribution in [0.2, 0.25) is 0 Å². The van der Waals surface area contributed by atoms with Gasteiger partial charge in [-0.05, 0) is 12.5 Å². The average molecular weight is 234 g/mol. The molecule has 2 atom stereocenters. The van der Waals surface area contributed by atoms with E-state index in [4.69, 9.17) is 10.2 Å². The number of hydrogen-bond donors (Lipinski definition) is 2. The van der Waals surface area contributed by atoms with Gasteiger partial charge in [-0.1, -0.05) is 42.5 Å². The monoisotopic (exact) mass is 234 g/mol. The number of carbonyl (C=O) groups is 2. The standard InChI is InChI=1S/C13H14O4/c1-9(12(14)15)7-8-11(13(16)17)10-5-3-2-4-6-10/h2-9,11H,1H3,(H,14,15)(H,16,17)/b8-7+. The Morgan fingerprint density at radius 1 is 1.06 bits per heavy atom. The van der Waals surface area contributed by atoms with Crippen molar-refractivity contribution in [2.45, 2.75) is 12.8 Å². The summed E-state index contributed by atoms with van der Waals surface area (Å²) in [4.78, 5) is 21.7. The van der Waals surface area contributed by atoms with E-state index < -0.39 is 23.8 Å². The third kappa shape index (κ3) is 3.75. The first-order chi connectivity index (χ1) is 8.02. The highest BCUT2D eigenvalue weighted by Gasteiger charge is 2.17. The Hall–Kier alpha value is -2.10. The van der Waals surface area contributed by atoms with Crippen molar-refractivity contribution in [3.8, 4) is 0 Å². The number of hydrogen-bond acceptors (Lipinski definition) is 2. The van der Waals surface area contributed by atoms with E-state index in [1.165, 1.54) is 19.1 Å². The Labute approximate surface area is 99.2 Å². The lowest BCUT2D eigenvalue weighted by molar-refractivity contribution is -0.140. The van der Waals surface area contributed by atoms with Crippen molar-refractivity contribution in [2.75, 3.05) is 0 Å². The van der Waals surface area contributed by atoms with Crippen LogP contribution in [0, 0.1) is 5.92 Å². The summed E-state index contributed by atoms with van der Waals surface area (Å²) < 4.78 is 0. The van der Waals surface area contributed by atoms with E-state index in [1.807, 2.05) is 0 Å². The average Bonchev–Trinajstić information content (AvgIpc) is 2.29. The second-order valence-electron chi connectivity index (χ2n) is 3.74. The van der Waals surface area contributed by atoms with E-state index in [2.05, 4.69) is 0 Å². The molecular weight excluding hydrogens is 220 g/mol. The van der Waals surface area contributed by atoms with Crippen LogP contribution in [0.5, 0.6) is 0 Å². The Kier molecular flexibility index (Phi) is 4.46. The van der Waals surface area contributed by atoms with Crippen LogP contribution in [0.3, 0.4) is 0 Å². The molecule has 1 rings (SSSR count). The van der Waals surface area contributed by atoms with Crippen LogP contribution in [0.25, 0.3) is 0 Å². The van der Waals surface area contributed by atoms with Gasteiger partial charge in [0.2, 0.25) is 0 Å². The Morgan fingerprint density at radius 3 is 2.12 bits per heavy atom. The maximum Gasteiger partial charge on any atom is 0.314 e. The lowest BCUT2D eigenvalue weighted by Gasteiger charge is -2.08. The molecule has 0 radical (unpaired) electrons. The fraction of sp³-hybridized carbons (Fsp3) is 0.231. The molecule has 0 spiro atoms. The Bertz CT molecular complexity index is 422. The van der Waals surface area contributed by atoms with E-state index in [9.17, 15) is 9.59 Å². The van der Waals surface area contributed by atoms with Gasteiger partial charge in [0, 0.05) is 0 Å². The topological polar surface area (TPSA) is 74.6 Å². The van der Waals surface area contributed by atoms with Crippen LogP contribution in [-0.2, 0) is 9.59 Å². The van der Waals surface area contributed by atoms with Crippen LogP contribution in [0.1, 0.15) is 18.4 Å². The first-order valence-electron chi connectivity index (χ1n) is 5.21. The predicted octanol–water partition coefficient (Wildman–Crippen LogP) is 2.13. The molecule has 0 bridgehead atoms. The maximum atomic E-state index is 11.1. The van der Waals surface area contributed by atoms with Gasteiger partial charge in [-0.15, -0.1) is 0 Å². The molecule has 1 aromatic carbocycles. The van der Waals surface area contributed by atoms with Gasteiger partial charge in [0.15, 0.2) is 0 Å². The van der Waals surface area contributed by atoms with Crippen LogP contribution >= 0.6 is 0 Å². The summed E-state index contributed by atoms with van der Waals surface area (Å²) in [5.74, 6) is -3.47. The highest BCUT2D eigenvalue weighted by molar-refractivity contribution is 5.79. The summed E-state index contributed by atoms with van der Waals surface area (Å²) in [6.07, 6.45) is 2.81. The molecule has 0 aliphatic rings. The molecule has 0 aliphatic heterocycles. The summed E-state index contributed by atoms with van der Waals surface area (Å²) >= 11 is 0. The van der Waals surface area contributed by atoms with Crippen LogP contribution < -0.4 is 0 Å². The van der Waals surface area contributed by atoms with Crippen molar-refractivity contribution in [3.63, 3.8) is 0 Å². The van der Waals surface area contributed by atoms with Crippen LogP contribution in [0.15, 0.2) is 42.5 Å². The van der Waals surface area contributed by atoms with E-state index in [-0.39, 0.29) is 0 Å². The molecule has 90 valence electrons. The highest BCUT2D eigenvalue weighted by Crippen LogP contribution is 2.18. The van der Waals surface area contributed by atoms with Gasteiger partial charge in [0.25, 0.3) is 0 Å². The Morgan fingerprint density at radius 2 is 1.65 bits per heavy atom. The third-order valence-electron chi connectivity index (χ3n) is 2.41. The van der Waals surface area contributed by atoms with Gasteiger partial charge >= 0.3 is 11.9 Å². The molecule has 2 N–H and O–H groups in total. The van der Waals surface area contributed by atoms with Gasteiger partial charge in [0.1, 0.15) is 0 Å². The van der Waals surface area contributed by atoms with Gasteiger partial charge in [-0.25, -0.2) is 0 Å². The molecule has 0 saturated carbocycles. The van der Waals surface area contributed by atoms with Crippen molar-refractivity contribution in [3.05, 3.63) is 48.0 Å². The van der Waals surface area contributed by atoms with Gasteiger partial charge in [0.05, 0.1) is 11.8 Å². The van der Waals surface area contributed by atoms with E-state index in [0.717, 1.165) is 0 Å². The fourth-order valence-corrected chi connectivity index (χ4v) is 1.36. The molecule has 0 aromatic heterocycles. The van der Waals surface area contributed by atoms with Crippen LogP contribution in [0.4, 0.5) is 0 Å². The molecule has 0 saturated heterocycles. The first-order valence-corrected chi connectivity index (χ1v) is 5.21. The molecule has 4 heteroatoms. The first kappa shape index (κ1) is 13.0. The van der Waals surface area contributed by atoms with Crippen molar-refractivity contribution >= 4 is 11.9 Å². The maximum absolute atomic E-state index is 11.1. The predicted molar refractivity (Wildman–Crippen MR) is 62.8 cm³/mol. The molecule has 4 nitrogen and oxygen atoms in total. The number of carboxylic acids is 2.